The molecule has 2 aliphatic rings. The first-order valence-electron chi connectivity index (χ1n) is 9.80. The van der Waals surface area contributed by atoms with Gasteiger partial charge >= 0.3 is 0 Å². The van der Waals surface area contributed by atoms with E-state index in [4.69, 9.17) is 4.74 Å². The van der Waals surface area contributed by atoms with Crippen LogP contribution in [0.4, 0.5) is 0 Å². The van der Waals surface area contributed by atoms with Gasteiger partial charge in [0, 0.05) is 18.0 Å². The van der Waals surface area contributed by atoms with Crippen LogP contribution in [0, 0.1) is 0 Å². The molecule has 1 saturated carbocycles. The molecule has 0 aromatic heterocycles. The van der Waals surface area contributed by atoms with Crippen LogP contribution in [0.2, 0.25) is 0 Å². The quantitative estimate of drug-likeness (QED) is 0.637. The predicted molar refractivity (Wildman–Crippen MR) is 97.0 cm³/mol. The minimum Gasteiger partial charge on any atom is -0.487 e. The van der Waals surface area contributed by atoms with Crippen molar-refractivity contribution in [3.63, 3.8) is 0 Å². The van der Waals surface area contributed by atoms with E-state index >= 15 is 0 Å². The maximum Gasteiger partial charge on any atom is 0.124 e. The molecule has 1 unspecified atom stereocenters. The molecular weight excluding hydrogens is 282 g/mol. The molecule has 1 atom stereocenters. The summed E-state index contributed by atoms with van der Waals surface area (Å²) in [6, 6.07) is 9.36. The van der Waals surface area contributed by atoms with Crippen molar-refractivity contribution in [2.45, 2.75) is 83.3 Å². The molecular formula is C21H33NO. The molecule has 0 radical (unpaired) electrons. The van der Waals surface area contributed by atoms with E-state index in [9.17, 15) is 0 Å². The van der Waals surface area contributed by atoms with Gasteiger partial charge in [-0.15, -0.1) is 0 Å². The van der Waals surface area contributed by atoms with Gasteiger partial charge in [-0.25, -0.2) is 0 Å². The summed E-state index contributed by atoms with van der Waals surface area (Å²) in [6.07, 6.45) is 11.5. The summed E-state index contributed by atoms with van der Waals surface area (Å²) in [5.74, 6) is 1.16. The van der Waals surface area contributed by atoms with Crippen LogP contribution in [-0.4, -0.2) is 23.6 Å². The van der Waals surface area contributed by atoms with Gasteiger partial charge < -0.3 is 4.74 Å². The van der Waals surface area contributed by atoms with Gasteiger partial charge in [-0.3, -0.25) is 4.90 Å². The van der Waals surface area contributed by atoms with Crippen molar-refractivity contribution >= 4 is 0 Å². The van der Waals surface area contributed by atoms with Crippen LogP contribution >= 0.6 is 0 Å². The standard InChI is InChI=1S/C21H33NO/c1-3-5-15-22(16-6-4-2)19-17-21(13-9-10-14-21)23-20-12-8-7-11-18(19)20/h7-8,11-12,19H,3-6,9-10,13-17H2,1-2H3. The topological polar surface area (TPSA) is 12.5 Å². The highest BCUT2D eigenvalue weighted by Crippen LogP contribution is 2.49. The smallest absolute Gasteiger partial charge is 0.124 e. The largest absolute Gasteiger partial charge is 0.487 e. The van der Waals surface area contributed by atoms with E-state index in [0.29, 0.717) is 6.04 Å². The summed E-state index contributed by atoms with van der Waals surface area (Å²) < 4.78 is 6.54. The van der Waals surface area contributed by atoms with Crippen molar-refractivity contribution in [2.75, 3.05) is 13.1 Å². The molecule has 1 aromatic carbocycles. The summed E-state index contributed by atoms with van der Waals surface area (Å²) in [6.45, 7) is 7.06. The number of para-hydroxylation sites is 1. The lowest BCUT2D eigenvalue weighted by Crippen LogP contribution is -2.44. The fourth-order valence-corrected chi connectivity index (χ4v) is 4.38. The molecule has 1 aromatic rings. The van der Waals surface area contributed by atoms with Gasteiger partial charge in [-0.05, 0) is 57.7 Å². The number of benzene rings is 1. The molecule has 0 saturated heterocycles. The molecule has 3 rings (SSSR count). The number of nitrogens with zero attached hydrogens (tertiary/aromatic N) is 1. The van der Waals surface area contributed by atoms with Gasteiger partial charge in [0.2, 0.25) is 0 Å². The lowest BCUT2D eigenvalue weighted by molar-refractivity contribution is 0.00611. The van der Waals surface area contributed by atoms with E-state index in [1.165, 1.54) is 76.4 Å². The molecule has 0 bridgehead atoms. The van der Waals surface area contributed by atoms with Crippen LogP contribution in [0.1, 0.15) is 83.2 Å². The van der Waals surface area contributed by atoms with Crippen molar-refractivity contribution < 1.29 is 4.74 Å². The number of unbranched alkanes of at least 4 members (excludes halogenated alkanes) is 2. The zero-order chi connectivity index (χ0) is 16.1. The molecule has 1 aliphatic heterocycles. The maximum absolute atomic E-state index is 6.54. The Balaban J connectivity index is 1.87. The Morgan fingerprint density at radius 3 is 2.35 bits per heavy atom. The summed E-state index contributed by atoms with van der Waals surface area (Å²) in [7, 11) is 0. The molecule has 1 fully saturated rings. The molecule has 1 aliphatic carbocycles. The van der Waals surface area contributed by atoms with Crippen LogP contribution < -0.4 is 4.74 Å². The van der Waals surface area contributed by atoms with Crippen LogP contribution in [0.3, 0.4) is 0 Å². The summed E-state index contributed by atoms with van der Waals surface area (Å²) in [4.78, 5) is 2.76. The Morgan fingerprint density at radius 1 is 1.04 bits per heavy atom. The minimum absolute atomic E-state index is 0.121. The molecule has 1 heterocycles. The second kappa shape index (κ2) is 7.70. The van der Waals surface area contributed by atoms with Gasteiger partial charge in [0.25, 0.3) is 0 Å². The second-order valence-electron chi connectivity index (χ2n) is 7.49. The first-order chi connectivity index (χ1) is 11.3. The Morgan fingerprint density at radius 2 is 1.70 bits per heavy atom. The maximum atomic E-state index is 6.54. The predicted octanol–water partition coefficient (Wildman–Crippen LogP) is 5.73. The zero-order valence-electron chi connectivity index (χ0n) is 15.0. The van der Waals surface area contributed by atoms with E-state index < -0.39 is 0 Å². The number of hydrogen-bond acceptors (Lipinski definition) is 2. The summed E-state index contributed by atoms with van der Waals surface area (Å²) in [5.41, 5.74) is 1.55. The molecule has 2 heteroatoms. The summed E-state index contributed by atoms with van der Waals surface area (Å²) >= 11 is 0. The lowest BCUT2D eigenvalue weighted by atomic mass is 9.85. The average Bonchev–Trinajstić information content (AvgIpc) is 3.02. The monoisotopic (exact) mass is 315 g/mol. The van der Waals surface area contributed by atoms with Crippen molar-refractivity contribution in [2.24, 2.45) is 0 Å². The first kappa shape index (κ1) is 16.8. The van der Waals surface area contributed by atoms with Gasteiger partial charge in [-0.1, -0.05) is 44.9 Å². The van der Waals surface area contributed by atoms with Gasteiger partial charge in [0.1, 0.15) is 11.4 Å². The van der Waals surface area contributed by atoms with Crippen LogP contribution in [0.15, 0.2) is 24.3 Å². The fourth-order valence-electron chi connectivity index (χ4n) is 4.38. The Kier molecular flexibility index (Phi) is 5.63. The minimum atomic E-state index is 0.121. The van der Waals surface area contributed by atoms with Crippen molar-refractivity contribution in [3.8, 4) is 5.75 Å². The number of fused-ring (bicyclic) bond motifs is 1. The highest BCUT2D eigenvalue weighted by atomic mass is 16.5. The lowest BCUT2D eigenvalue weighted by Gasteiger charge is -2.44. The third-order valence-corrected chi connectivity index (χ3v) is 5.72. The molecule has 1 spiro atoms. The molecule has 2 nitrogen and oxygen atoms in total. The Hall–Kier alpha value is -1.02. The van der Waals surface area contributed by atoms with Crippen LogP contribution in [0.5, 0.6) is 5.75 Å². The SMILES string of the molecule is CCCCN(CCCC)C1CC2(CCCC2)Oc2ccccc21. The molecule has 128 valence electrons. The van der Waals surface area contributed by atoms with Crippen LogP contribution in [-0.2, 0) is 0 Å². The highest BCUT2D eigenvalue weighted by Gasteiger charge is 2.44. The van der Waals surface area contributed by atoms with E-state index in [1.807, 2.05) is 0 Å². The Labute approximate surface area is 142 Å². The van der Waals surface area contributed by atoms with E-state index in [-0.39, 0.29) is 5.60 Å². The molecule has 0 amide bonds. The zero-order valence-corrected chi connectivity index (χ0v) is 15.0. The van der Waals surface area contributed by atoms with E-state index in [2.05, 4.69) is 43.0 Å². The number of hydrogen-bond donors (Lipinski definition) is 0. The normalized spacial score (nSPS) is 22.3. The third-order valence-electron chi connectivity index (χ3n) is 5.72. The fraction of sp³-hybridized carbons (Fsp3) is 0.714. The van der Waals surface area contributed by atoms with Gasteiger partial charge in [-0.2, -0.15) is 0 Å². The summed E-state index contributed by atoms with van der Waals surface area (Å²) in [5, 5.41) is 0. The van der Waals surface area contributed by atoms with Crippen molar-refractivity contribution in [3.05, 3.63) is 29.8 Å². The van der Waals surface area contributed by atoms with Crippen molar-refractivity contribution in [1.82, 2.24) is 4.90 Å². The number of rotatable bonds is 7. The number of ether oxygens (including phenoxy) is 1. The first-order valence-corrected chi connectivity index (χ1v) is 9.80. The van der Waals surface area contributed by atoms with Crippen molar-refractivity contribution in [1.29, 1.82) is 0 Å². The van der Waals surface area contributed by atoms with Gasteiger partial charge in [0.15, 0.2) is 0 Å². The Bertz CT molecular complexity index is 484. The highest BCUT2D eigenvalue weighted by molar-refractivity contribution is 5.39. The van der Waals surface area contributed by atoms with E-state index in [1.54, 1.807) is 0 Å². The van der Waals surface area contributed by atoms with Gasteiger partial charge in [0.05, 0.1) is 0 Å². The molecule has 23 heavy (non-hydrogen) atoms. The molecule has 0 N–H and O–H groups in total. The average molecular weight is 316 g/mol. The third kappa shape index (κ3) is 3.74. The van der Waals surface area contributed by atoms with E-state index in [0.717, 1.165) is 5.75 Å². The second-order valence-corrected chi connectivity index (χ2v) is 7.49. The van der Waals surface area contributed by atoms with Crippen LogP contribution in [0.25, 0.3) is 0 Å².